The molecule has 2 amide bonds. The van der Waals surface area contributed by atoms with E-state index in [9.17, 15) is 14.4 Å². The van der Waals surface area contributed by atoms with E-state index >= 15 is 0 Å². The number of carbonyl (C=O) groups excluding carboxylic acids is 2. The van der Waals surface area contributed by atoms with Crippen molar-refractivity contribution in [3.05, 3.63) is 35.9 Å². The van der Waals surface area contributed by atoms with Gasteiger partial charge in [0.1, 0.15) is 0 Å². The van der Waals surface area contributed by atoms with Crippen LogP contribution < -0.4 is 5.32 Å². The number of hydrogen-bond donors (Lipinski definition) is 2. The molecule has 1 heterocycles. The molecule has 1 saturated heterocycles. The first kappa shape index (κ1) is 19.9. The average Bonchev–Trinajstić information content (AvgIpc) is 2.65. The van der Waals surface area contributed by atoms with Crippen molar-refractivity contribution in [1.29, 1.82) is 0 Å². The van der Waals surface area contributed by atoms with E-state index in [4.69, 9.17) is 5.11 Å². The molecule has 6 heteroatoms. The Balaban J connectivity index is 1.63. The predicted octanol–water partition coefficient (Wildman–Crippen LogP) is 2.23. The summed E-state index contributed by atoms with van der Waals surface area (Å²) in [5, 5.41) is 11.9. The van der Waals surface area contributed by atoms with Crippen LogP contribution in [0.25, 0.3) is 0 Å². The van der Waals surface area contributed by atoms with Crippen molar-refractivity contribution in [3.8, 4) is 0 Å². The highest BCUT2D eigenvalue weighted by molar-refractivity contribution is 5.84. The molecule has 6 nitrogen and oxygen atoms in total. The lowest BCUT2D eigenvalue weighted by Crippen LogP contribution is -2.41. The van der Waals surface area contributed by atoms with Gasteiger partial charge in [0.25, 0.3) is 0 Å². The van der Waals surface area contributed by atoms with Gasteiger partial charge in [-0.15, -0.1) is 0 Å². The molecule has 0 aromatic heterocycles. The molecule has 1 aromatic rings. The third-order valence-corrected chi connectivity index (χ3v) is 4.88. The van der Waals surface area contributed by atoms with Crippen molar-refractivity contribution in [1.82, 2.24) is 10.2 Å². The van der Waals surface area contributed by atoms with Gasteiger partial charge in [-0.05, 0) is 38.2 Å². The van der Waals surface area contributed by atoms with Gasteiger partial charge >= 0.3 is 5.97 Å². The van der Waals surface area contributed by atoms with Crippen LogP contribution in [0.1, 0.15) is 44.6 Å². The fourth-order valence-corrected chi connectivity index (χ4v) is 3.20. The van der Waals surface area contributed by atoms with E-state index in [1.807, 2.05) is 25.1 Å². The molecule has 0 aliphatic carbocycles. The summed E-state index contributed by atoms with van der Waals surface area (Å²) in [5.74, 6) is -1.32. The Morgan fingerprint density at radius 2 is 1.81 bits per heavy atom. The second kappa shape index (κ2) is 9.94. The highest BCUT2D eigenvalue weighted by atomic mass is 16.4. The zero-order chi connectivity index (χ0) is 18.9. The maximum Gasteiger partial charge on any atom is 0.306 e. The van der Waals surface area contributed by atoms with Crippen molar-refractivity contribution in [2.45, 2.75) is 51.5 Å². The molecule has 2 rings (SSSR count). The number of carbonyl (C=O) groups is 3. The summed E-state index contributed by atoms with van der Waals surface area (Å²) in [7, 11) is 0. The van der Waals surface area contributed by atoms with Crippen LogP contribution in [0.5, 0.6) is 0 Å². The molecule has 1 aliphatic rings. The Morgan fingerprint density at radius 3 is 2.42 bits per heavy atom. The first-order chi connectivity index (χ1) is 12.5. The summed E-state index contributed by atoms with van der Waals surface area (Å²) in [4.78, 5) is 36.8. The Morgan fingerprint density at radius 1 is 1.15 bits per heavy atom. The van der Waals surface area contributed by atoms with Gasteiger partial charge < -0.3 is 15.3 Å². The minimum Gasteiger partial charge on any atom is -0.481 e. The van der Waals surface area contributed by atoms with Crippen molar-refractivity contribution in [2.75, 3.05) is 13.1 Å². The number of hydrogen-bond acceptors (Lipinski definition) is 3. The third-order valence-electron chi connectivity index (χ3n) is 4.88. The second-order valence-corrected chi connectivity index (χ2v) is 6.99. The van der Waals surface area contributed by atoms with E-state index in [1.54, 1.807) is 4.90 Å². The fraction of sp³-hybridized carbons (Fsp3) is 0.550. The van der Waals surface area contributed by atoms with Gasteiger partial charge in [-0.3, -0.25) is 14.4 Å². The quantitative estimate of drug-likeness (QED) is 0.744. The summed E-state index contributed by atoms with van der Waals surface area (Å²) in [6.45, 7) is 2.90. The molecule has 0 bridgehead atoms. The third kappa shape index (κ3) is 6.50. The highest BCUT2D eigenvalue weighted by Crippen LogP contribution is 2.18. The Bertz CT molecular complexity index is 609. The monoisotopic (exact) mass is 360 g/mol. The molecule has 0 radical (unpaired) electrons. The van der Waals surface area contributed by atoms with Gasteiger partial charge in [-0.25, -0.2) is 0 Å². The minimum absolute atomic E-state index is 0.0594. The summed E-state index contributed by atoms with van der Waals surface area (Å²) < 4.78 is 0. The number of amides is 2. The fourth-order valence-electron chi connectivity index (χ4n) is 3.20. The van der Waals surface area contributed by atoms with Gasteiger partial charge in [-0.1, -0.05) is 30.3 Å². The average molecular weight is 360 g/mol. The number of aryl methyl sites for hydroxylation is 1. The molecule has 0 spiro atoms. The van der Waals surface area contributed by atoms with E-state index in [-0.39, 0.29) is 36.6 Å². The molecule has 1 aliphatic heterocycles. The van der Waals surface area contributed by atoms with E-state index in [0.717, 1.165) is 12.8 Å². The number of carboxylic acids is 1. The van der Waals surface area contributed by atoms with Crippen molar-refractivity contribution < 1.29 is 19.5 Å². The molecule has 0 saturated carbocycles. The second-order valence-electron chi connectivity index (χ2n) is 6.99. The molecule has 1 aromatic carbocycles. The topological polar surface area (TPSA) is 86.7 Å². The minimum atomic E-state index is -0.791. The van der Waals surface area contributed by atoms with Crippen LogP contribution in [-0.2, 0) is 20.8 Å². The number of aliphatic carboxylic acids is 1. The van der Waals surface area contributed by atoms with Crippen LogP contribution in [0.2, 0.25) is 0 Å². The number of carboxylic acid groups (broad SMARTS) is 1. The smallest absolute Gasteiger partial charge is 0.306 e. The lowest BCUT2D eigenvalue weighted by atomic mass is 9.97. The molecule has 2 N–H and O–H groups in total. The van der Waals surface area contributed by atoms with Gasteiger partial charge in [0.15, 0.2) is 0 Å². The first-order valence-corrected chi connectivity index (χ1v) is 9.29. The number of rotatable bonds is 8. The number of nitrogens with one attached hydrogen (secondary N) is 1. The standard InChI is InChI=1S/C20H28N2O4/c1-15(7-8-16-5-3-2-4-6-16)21-18(23)9-10-19(24)22-13-11-17(12-14-22)20(25)26/h2-6,15,17H,7-14H2,1H3,(H,21,23)(H,25,26)/t15-/m1/s1. The van der Waals surface area contributed by atoms with Crippen molar-refractivity contribution in [3.63, 3.8) is 0 Å². The molecular weight excluding hydrogens is 332 g/mol. The summed E-state index contributed by atoms with van der Waals surface area (Å²) in [5.41, 5.74) is 1.24. The maximum absolute atomic E-state index is 12.2. The molecular formula is C20H28N2O4. The zero-order valence-electron chi connectivity index (χ0n) is 15.3. The SMILES string of the molecule is C[C@H](CCc1ccccc1)NC(=O)CCC(=O)N1CCC(C(=O)O)CC1. The van der Waals surface area contributed by atoms with Crippen LogP contribution >= 0.6 is 0 Å². The molecule has 1 fully saturated rings. The Hall–Kier alpha value is -2.37. The van der Waals surface area contributed by atoms with Crippen LogP contribution in [0, 0.1) is 5.92 Å². The van der Waals surface area contributed by atoms with Gasteiger partial charge in [0, 0.05) is 32.0 Å². The van der Waals surface area contributed by atoms with E-state index in [0.29, 0.717) is 25.9 Å². The number of benzene rings is 1. The Kier molecular flexibility index (Phi) is 7.63. The predicted molar refractivity (Wildman–Crippen MR) is 98.5 cm³/mol. The lowest BCUT2D eigenvalue weighted by molar-refractivity contribution is -0.145. The number of piperidine rings is 1. The normalized spacial score (nSPS) is 16.1. The van der Waals surface area contributed by atoms with Crippen molar-refractivity contribution >= 4 is 17.8 Å². The van der Waals surface area contributed by atoms with E-state index in [2.05, 4.69) is 17.4 Å². The van der Waals surface area contributed by atoms with E-state index < -0.39 is 5.97 Å². The van der Waals surface area contributed by atoms with Gasteiger partial charge in [0.05, 0.1) is 5.92 Å². The molecule has 142 valence electrons. The lowest BCUT2D eigenvalue weighted by Gasteiger charge is -2.30. The zero-order valence-corrected chi connectivity index (χ0v) is 15.3. The van der Waals surface area contributed by atoms with Gasteiger partial charge in [0.2, 0.25) is 11.8 Å². The summed E-state index contributed by atoms with van der Waals surface area (Å²) in [6.07, 6.45) is 3.09. The van der Waals surface area contributed by atoms with E-state index in [1.165, 1.54) is 5.56 Å². The van der Waals surface area contributed by atoms with Crippen molar-refractivity contribution in [2.24, 2.45) is 5.92 Å². The van der Waals surface area contributed by atoms with Crippen LogP contribution in [0.3, 0.4) is 0 Å². The molecule has 1 atom stereocenters. The first-order valence-electron chi connectivity index (χ1n) is 9.29. The van der Waals surface area contributed by atoms with Crippen LogP contribution in [0.4, 0.5) is 0 Å². The number of likely N-dealkylation sites (tertiary alicyclic amines) is 1. The molecule has 0 unspecified atom stereocenters. The van der Waals surface area contributed by atoms with Crippen LogP contribution in [-0.4, -0.2) is 46.9 Å². The van der Waals surface area contributed by atoms with Gasteiger partial charge in [-0.2, -0.15) is 0 Å². The maximum atomic E-state index is 12.2. The van der Waals surface area contributed by atoms with Crippen LogP contribution in [0.15, 0.2) is 30.3 Å². The largest absolute Gasteiger partial charge is 0.481 e. The Labute approximate surface area is 154 Å². The number of nitrogens with zero attached hydrogens (tertiary/aromatic N) is 1. The summed E-state index contributed by atoms with van der Waals surface area (Å²) >= 11 is 0. The summed E-state index contributed by atoms with van der Waals surface area (Å²) in [6, 6.07) is 10.2. The highest BCUT2D eigenvalue weighted by Gasteiger charge is 2.27. The molecule has 26 heavy (non-hydrogen) atoms.